The average Bonchev–Trinajstić information content (AvgIpc) is 2.27. The number of rotatable bonds is 2. The molecule has 0 radical (unpaired) electrons. The van der Waals surface area contributed by atoms with Crippen molar-refractivity contribution in [1.29, 1.82) is 0 Å². The van der Waals surface area contributed by atoms with Crippen molar-refractivity contribution in [2.24, 2.45) is 17.8 Å². The lowest BCUT2D eigenvalue weighted by Crippen LogP contribution is -2.50. The molecular weight excluding hydrogens is 224 g/mol. The van der Waals surface area contributed by atoms with Gasteiger partial charge in [0.25, 0.3) is 0 Å². The van der Waals surface area contributed by atoms with Gasteiger partial charge in [-0.05, 0) is 57.4 Å². The molecule has 1 aliphatic heterocycles. The molecule has 1 saturated heterocycles. The van der Waals surface area contributed by atoms with Crippen molar-refractivity contribution in [3.05, 3.63) is 0 Å². The highest BCUT2D eigenvalue weighted by Crippen LogP contribution is 2.29. The van der Waals surface area contributed by atoms with Crippen LogP contribution in [0.1, 0.15) is 52.9 Å². The van der Waals surface area contributed by atoms with Crippen molar-refractivity contribution in [3.63, 3.8) is 0 Å². The quantitative estimate of drug-likeness (QED) is 0.792. The fraction of sp³-hybridized carbons (Fsp3) is 0.933. The number of carbonyl (C=O) groups is 1. The summed E-state index contributed by atoms with van der Waals surface area (Å²) in [6.45, 7) is 7.80. The number of carbonyl (C=O) groups excluding carboxylic acids is 1. The van der Waals surface area contributed by atoms with E-state index in [1.54, 1.807) is 0 Å². The van der Waals surface area contributed by atoms with E-state index in [1.807, 2.05) is 0 Å². The normalized spacial score (nSPS) is 41.4. The van der Waals surface area contributed by atoms with Crippen LogP contribution in [-0.4, -0.2) is 24.5 Å². The Hall–Kier alpha value is -0.570. The zero-order valence-corrected chi connectivity index (χ0v) is 12.0. The Labute approximate surface area is 111 Å². The van der Waals surface area contributed by atoms with Crippen LogP contribution in [0.5, 0.6) is 0 Å². The number of amides is 1. The molecule has 2 rings (SSSR count). The molecule has 1 amide bonds. The maximum absolute atomic E-state index is 12.3. The molecule has 1 heterocycles. The second-order valence-corrected chi connectivity index (χ2v) is 6.61. The lowest BCUT2D eigenvalue weighted by molar-refractivity contribution is -0.127. The third-order valence-electron chi connectivity index (χ3n) is 4.62. The minimum absolute atomic E-state index is 0.172. The Bertz CT molecular complexity index is 282. The number of piperidine rings is 1. The van der Waals surface area contributed by atoms with Gasteiger partial charge in [0.1, 0.15) is 0 Å². The van der Waals surface area contributed by atoms with E-state index in [4.69, 9.17) is 0 Å². The van der Waals surface area contributed by atoms with Crippen LogP contribution < -0.4 is 10.6 Å². The van der Waals surface area contributed by atoms with E-state index in [9.17, 15) is 4.79 Å². The Morgan fingerprint density at radius 3 is 2.39 bits per heavy atom. The average molecular weight is 252 g/mol. The molecule has 1 saturated carbocycles. The zero-order chi connectivity index (χ0) is 13.1. The van der Waals surface area contributed by atoms with Crippen LogP contribution in [0.4, 0.5) is 0 Å². The molecule has 3 heteroatoms. The van der Waals surface area contributed by atoms with Gasteiger partial charge in [-0.25, -0.2) is 0 Å². The fourth-order valence-electron chi connectivity index (χ4n) is 3.78. The van der Waals surface area contributed by atoms with Crippen LogP contribution in [0, 0.1) is 17.8 Å². The van der Waals surface area contributed by atoms with Crippen molar-refractivity contribution in [2.75, 3.05) is 6.54 Å². The molecular formula is C15H28N2O. The molecule has 1 aliphatic carbocycles. The Morgan fingerprint density at radius 2 is 1.78 bits per heavy atom. The Morgan fingerprint density at radius 1 is 1.11 bits per heavy atom. The van der Waals surface area contributed by atoms with Crippen molar-refractivity contribution >= 4 is 5.91 Å². The molecule has 3 nitrogen and oxygen atoms in total. The SMILES string of the molecule is CC1CC(C)CC(NC(=O)C2CCCNC2C)C1. The van der Waals surface area contributed by atoms with Gasteiger partial charge in [0.05, 0.1) is 5.92 Å². The Balaban J connectivity index is 1.86. The number of nitrogens with one attached hydrogen (secondary N) is 2. The molecule has 0 aromatic heterocycles. The molecule has 18 heavy (non-hydrogen) atoms. The molecule has 0 aromatic carbocycles. The molecule has 4 unspecified atom stereocenters. The summed E-state index contributed by atoms with van der Waals surface area (Å²) in [5.74, 6) is 1.95. The van der Waals surface area contributed by atoms with E-state index in [1.165, 1.54) is 6.42 Å². The first-order chi connectivity index (χ1) is 8.56. The standard InChI is InChI=1S/C15H28N2O/c1-10-7-11(2)9-13(8-10)17-15(18)14-5-4-6-16-12(14)3/h10-14,16H,4-9H2,1-3H3,(H,17,18). The molecule has 4 atom stereocenters. The van der Waals surface area contributed by atoms with Crippen LogP contribution in [0.3, 0.4) is 0 Å². The van der Waals surface area contributed by atoms with E-state index < -0.39 is 0 Å². The van der Waals surface area contributed by atoms with Gasteiger partial charge >= 0.3 is 0 Å². The van der Waals surface area contributed by atoms with E-state index in [0.717, 1.165) is 44.1 Å². The molecule has 2 aliphatic rings. The summed E-state index contributed by atoms with van der Waals surface area (Å²) >= 11 is 0. The van der Waals surface area contributed by atoms with Crippen molar-refractivity contribution in [2.45, 2.75) is 65.0 Å². The predicted molar refractivity (Wildman–Crippen MR) is 74.3 cm³/mol. The maximum Gasteiger partial charge on any atom is 0.224 e. The van der Waals surface area contributed by atoms with Crippen LogP contribution in [0.2, 0.25) is 0 Å². The number of hydrogen-bond donors (Lipinski definition) is 2. The molecule has 0 bridgehead atoms. The minimum atomic E-state index is 0.172. The molecule has 0 spiro atoms. The van der Waals surface area contributed by atoms with E-state index >= 15 is 0 Å². The molecule has 104 valence electrons. The second kappa shape index (κ2) is 6.05. The van der Waals surface area contributed by atoms with Gasteiger partial charge in [0.2, 0.25) is 5.91 Å². The number of hydrogen-bond acceptors (Lipinski definition) is 2. The highest BCUT2D eigenvalue weighted by Gasteiger charge is 2.31. The molecule has 0 aromatic rings. The summed E-state index contributed by atoms with van der Waals surface area (Å²) in [4.78, 5) is 12.3. The third-order valence-corrected chi connectivity index (χ3v) is 4.62. The second-order valence-electron chi connectivity index (χ2n) is 6.61. The van der Waals surface area contributed by atoms with Gasteiger partial charge in [-0.3, -0.25) is 4.79 Å². The molecule has 2 fully saturated rings. The smallest absolute Gasteiger partial charge is 0.224 e. The van der Waals surface area contributed by atoms with Crippen LogP contribution >= 0.6 is 0 Å². The predicted octanol–water partition coefficient (Wildman–Crippen LogP) is 2.32. The monoisotopic (exact) mass is 252 g/mol. The van der Waals surface area contributed by atoms with Crippen LogP contribution in [-0.2, 0) is 4.79 Å². The first-order valence-electron chi connectivity index (χ1n) is 7.60. The fourth-order valence-corrected chi connectivity index (χ4v) is 3.78. The lowest BCUT2D eigenvalue weighted by Gasteiger charge is -2.35. The van der Waals surface area contributed by atoms with Crippen molar-refractivity contribution in [3.8, 4) is 0 Å². The summed E-state index contributed by atoms with van der Waals surface area (Å²) in [5.41, 5.74) is 0. The maximum atomic E-state index is 12.3. The van der Waals surface area contributed by atoms with E-state index in [-0.39, 0.29) is 11.8 Å². The zero-order valence-electron chi connectivity index (χ0n) is 12.0. The summed E-state index contributed by atoms with van der Waals surface area (Å²) in [7, 11) is 0. The Kier molecular flexibility index (Phi) is 4.66. The molecule has 2 N–H and O–H groups in total. The lowest BCUT2D eigenvalue weighted by atomic mass is 9.80. The van der Waals surface area contributed by atoms with Gasteiger partial charge in [-0.15, -0.1) is 0 Å². The summed E-state index contributed by atoms with van der Waals surface area (Å²) < 4.78 is 0. The summed E-state index contributed by atoms with van der Waals surface area (Å²) in [5, 5.41) is 6.71. The summed E-state index contributed by atoms with van der Waals surface area (Å²) in [6, 6.07) is 0.738. The van der Waals surface area contributed by atoms with E-state index in [2.05, 4.69) is 31.4 Å². The highest BCUT2D eigenvalue weighted by molar-refractivity contribution is 5.79. The van der Waals surface area contributed by atoms with E-state index in [0.29, 0.717) is 12.1 Å². The van der Waals surface area contributed by atoms with Crippen LogP contribution in [0.15, 0.2) is 0 Å². The topological polar surface area (TPSA) is 41.1 Å². The van der Waals surface area contributed by atoms with Gasteiger partial charge in [0.15, 0.2) is 0 Å². The largest absolute Gasteiger partial charge is 0.353 e. The third kappa shape index (κ3) is 3.47. The highest BCUT2D eigenvalue weighted by atomic mass is 16.2. The minimum Gasteiger partial charge on any atom is -0.353 e. The van der Waals surface area contributed by atoms with Crippen LogP contribution in [0.25, 0.3) is 0 Å². The van der Waals surface area contributed by atoms with Gasteiger partial charge < -0.3 is 10.6 Å². The van der Waals surface area contributed by atoms with Crippen molar-refractivity contribution < 1.29 is 4.79 Å². The first kappa shape index (κ1) is 13.9. The van der Waals surface area contributed by atoms with Gasteiger partial charge in [-0.2, -0.15) is 0 Å². The van der Waals surface area contributed by atoms with Crippen molar-refractivity contribution in [1.82, 2.24) is 10.6 Å². The summed E-state index contributed by atoms with van der Waals surface area (Å²) in [6.07, 6.45) is 5.79. The van der Waals surface area contributed by atoms with Gasteiger partial charge in [0, 0.05) is 12.1 Å². The first-order valence-corrected chi connectivity index (χ1v) is 7.60. The van der Waals surface area contributed by atoms with Gasteiger partial charge in [-0.1, -0.05) is 13.8 Å².